The summed E-state index contributed by atoms with van der Waals surface area (Å²) >= 11 is 0. The predicted octanol–water partition coefficient (Wildman–Crippen LogP) is 2.02. The van der Waals surface area contributed by atoms with Crippen molar-refractivity contribution < 1.29 is 9.13 Å². The highest BCUT2D eigenvalue weighted by atomic mass is 19.1. The molecule has 8 heavy (non-hydrogen) atoms. The van der Waals surface area contributed by atoms with Crippen LogP contribution in [-0.4, -0.2) is 20.9 Å². The molecule has 0 bridgehead atoms. The average molecular weight is 122 g/mol. The second-order valence-electron chi connectivity index (χ2n) is 1.45. The van der Waals surface area contributed by atoms with Gasteiger partial charge in [-0.2, -0.15) is 0 Å². The molecule has 0 fully saturated rings. The number of unbranched alkanes of at least 4 members (excludes halogenated alkanes) is 1. The molecule has 0 aromatic carbocycles. The summed E-state index contributed by atoms with van der Waals surface area (Å²) in [5.41, 5.74) is 0. The summed E-state index contributed by atoms with van der Waals surface area (Å²) in [6.45, 7) is 1.82. The van der Waals surface area contributed by atoms with Crippen LogP contribution in [-0.2, 0) is 4.74 Å². The fourth-order valence-corrected chi connectivity index (χ4v) is 0.134. The molecule has 0 aliphatic heterocycles. The van der Waals surface area contributed by atoms with E-state index in [4.69, 9.17) is 0 Å². The molecule has 0 rings (SSSR count). The second kappa shape index (κ2) is 15.8. The van der Waals surface area contributed by atoms with E-state index >= 15 is 0 Å². The maximum Gasteiger partial charge on any atom is 0.0894 e. The summed E-state index contributed by atoms with van der Waals surface area (Å²) in [6.07, 6.45) is 1.69. The summed E-state index contributed by atoms with van der Waals surface area (Å²) < 4.78 is 15.2. The molecule has 52 valence electrons. The number of hydrogen-bond acceptors (Lipinski definition) is 1. The second-order valence-corrected chi connectivity index (χ2v) is 1.45. The Morgan fingerprint density at radius 1 is 1.38 bits per heavy atom. The van der Waals surface area contributed by atoms with Crippen molar-refractivity contribution in [1.82, 2.24) is 0 Å². The van der Waals surface area contributed by atoms with Gasteiger partial charge in [0.1, 0.15) is 0 Å². The highest BCUT2D eigenvalue weighted by Crippen LogP contribution is 1.83. The smallest absolute Gasteiger partial charge is 0.0894 e. The van der Waals surface area contributed by atoms with Crippen LogP contribution in [0.5, 0.6) is 0 Å². The van der Waals surface area contributed by atoms with Crippen LogP contribution >= 0.6 is 0 Å². The Labute approximate surface area is 50.8 Å². The number of hydrogen-bond donors (Lipinski definition) is 0. The van der Waals surface area contributed by atoms with Crippen LogP contribution in [0.3, 0.4) is 0 Å². The van der Waals surface area contributed by atoms with E-state index in [1.54, 1.807) is 14.2 Å². The van der Waals surface area contributed by atoms with Crippen LogP contribution in [0.15, 0.2) is 0 Å². The lowest BCUT2D eigenvalue weighted by atomic mass is 10.4. The summed E-state index contributed by atoms with van der Waals surface area (Å²) in [5, 5.41) is 0. The zero-order valence-electron chi connectivity index (χ0n) is 5.91. The maximum absolute atomic E-state index is 11.0. The SMILES string of the molecule is CCCCF.COC. The minimum absolute atomic E-state index is 0.156. The Kier molecular flexibility index (Phi) is 21.3. The molecule has 0 saturated carbocycles. The lowest BCUT2D eigenvalue weighted by molar-refractivity contribution is 0.277. The molecule has 0 aromatic rings. The number of rotatable bonds is 2. The van der Waals surface area contributed by atoms with Crippen LogP contribution in [0.2, 0.25) is 0 Å². The highest BCUT2D eigenvalue weighted by molar-refractivity contribution is 4.23. The first-order chi connectivity index (χ1) is 3.83. The van der Waals surface area contributed by atoms with Crippen molar-refractivity contribution in [2.75, 3.05) is 20.9 Å². The highest BCUT2D eigenvalue weighted by Gasteiger charge is 1.71. The van der Waals surface area contributed by atoms with Gasteiger partial charge >= 0.3 is 0 Å². The third kappa shape index (κ3) is 39.4. The lowest BCUT2D eigenvalue weighted by Crippen LogP contribution is -1.67. The Balaban J connectivity index is 0. The monoisotopic (exact) mass is 122 g/mol. The molecule has 0 aliphatic carbocycles. The number of halogens is 1. The Morgan fingerprint density at radius 3 is 1.75 bits per heavy atom. The molecular formula is C6H15FO. The van der Waals surface area contributed by atoms with Crippen LogP contribution < -0.4 is 0 Å². The third-order valence-electron chi connectivity index (χ3n) is 0.487. The third-order valence-corrected chi connectivity index (χ3v) is 0.487. The van der Waals surface area contributed by atoms with Crippen LogP contribution in [0.1, 0.15) is 19.8 Å². The van der Waals surface area contributed by atoms with Crippen LogP contribution in [0, 0.1) is 0 Å². The number of methoxy groups -OCH3 is 1. The molecular weight excluding hydrogens is 107 g/mol. The van der Waals surface area contributed by atoms with Gasteiger partial charge in [-0.3, -0.25) is 4.39 Å². The van der Waals surface area contributed by atoms with Crippen molar-refractivity contribution in [2.24, 2.45) is 0 Å². The van der Waals surface area contributed by atoms with Gasteiger partial charge in [0.15, 0.2) is 0 Å². The van der Waals surface area contributed by atoms with Gasteiger partial charge in [-0.25, -0.2) is 0 Å². The largest absolute Gasteiger partial charge is 0.388 e. The molecule has 0 saturated heterocycles. The molecule has 0 spiro atoms. The zero-order chi connectivity index (χ0) is 6.83. The maximum atomic E-state index is 11.0. The molecule has 0 atom stereocenters. The van der Waals surface area contributed by atoms with Gasteiger partial charge in [0.25, 0.3) is 0 Å². The first kappa shape index (κ1) is 10.8. The quantitative estimate of drug-likeness (QED) is 0.544. The normalized spacial score (nSPS) is 7.50. The van der Waals surface area contributed by atoms with E-state index < -0.39 is 0 Å². The summed E-state index contributed by atoms with van der Waals surface area (Å²) in [5.74, 6) is 0. The zero-order valence-corrected chi connectivity index (χ0v) is 5.91. The van der Waals surface area contributed by atoms with Gasteiger partial charge in [-0.05, 0) is 6.42 Å². The van der Waals surface area contributed by atoms with Crippen LogP contribution in [0.25, 0.3) is 0 Å². The predicted molar refractivity (Wildman–Crippen MR) is 33.8 cm³/mol. The minimum Gasteiger partial charge on any atom is -0.388 e. The lowest BCUT2D eigenvalue weighted by Gasteiger charge is -1.76. The van der Waals surface area contributed by atoms with E-state index in [-0.39, 0.29) is 6.67 Å². The summed E-state index contributed by atoms with van der Waals surface area (Å²) in [4.78, 5) is 0. The van der Waals surface area contributed by atoms with Crippen molar-refractivity contribution in [3.63, 3.8) is 0 Å². The topological polar surface area (TPSA) is 9.23 Å². The first-order valence-corrected chi connectivity index (χ1v) is 2.79. The molecule has 0 aliphatic rings. The van der Waals surface area contributed by atoms with Gasteiger partial charge in [-0.15, -0.1) is 0 Å². The first-order valence-electron chi connectivity index (χ1n) is 2.79. The Morgan fingerprint density at radius 2 is 1.75 bits per heavy atom. The van der Waals surface area contributed by atoms with E-state index in [0.717, 1.165) is 12.8 Å². The van der Waals surface area contributed by atoms with Crippen molar-refractivity contribution in [3.05, 3.63) is 0 Å². The molecule has 0 unspecified atom stereocenters. The van der Waals surface area contributed by atoms with Gasteiger partial charge in [0, 0.05) is 14.2 Å². The average Bonchev–Trinajstić information content (AvgIpc) is 1.71. The van der Waals surface area contributed by atoms with E-state index in [0.29, 0.717) is 0 Å². The minimum atomic E-state index is -0.156. The van der Waals surface area contributed by atoms with Gasteiger partial charge in [0.05, 0.1) is 6.67 Å². The standard InChI is InChI=1S/C4H9F.C2H6O/c1-2-3-4-5;1-3-2/h2-4H2,1H3;1-2H3. The fourth-order valence-electron chi connectivity index (χ4n) is 0.134. The number of alkyl halides is 1. The van der Waals surface area contributed by atoms with Crippen molar-refractivity contribution >= 4 is 0 Å². The van der Waals surface area contributed by atoms with E-state index in [1.807, 2.05) is 6.92 Å². The molecule has 0 radical (unpaired) electrons. The van der Waals surface area contributed by atoms with Crippen molar-refractivity contribution in [1.29, 1.82) is 0 Å². The molecule has 0 amide bonds. The van der Waals surface area contributed by atoms with Gasteiger partial charge in [-0.1, -0.05) is 13.3 Å². The molecule has 0 heterocycles. The van der Waals surface area contributed by atoms with E-state index in [1.165, 1.54) is 0 Å². The van der Waals surface area contributed by atoms with Gasteiger partial charge in [0.2, 0.25) is 0 Å². The fraction of sp³-hybridized carbons (Fsp3) is 1.00. The molecule has 0 aromatic heterocycles. The summed E-state index contributed by atoms with van der Waals surface area (Å²) in [7, 11) is 3.25. The number of ether oxygens (including phenoxy) is 1. The van der Waals surface area contributed by atoms with E-state index in [2.05, 4.69) is 4.74 Å². The van der Waals surface area contributed by atoms with Crippen molar-refractivity contribution in [3.8, 4) is 0 Å². The molecule has 2 heteroatoms. The Bertz CT molecular complexity index is 22.5. The Hall–Kier alpha value is -0.110. The van der Waals surface area contributed by atoms with Crippen molar-refractivity contribution in [2.45, 2.75) is 19.8 Å². The molecule has 1 nitrogen and oxygen atoms in total. The van der Waals surface area contributed by atoms with Gasteiger partial charge < -0.3 is 4.74 Å². The summed E-state index contributed by atoms with van der Waals surface area (Å²) in [6, 6.07) is 0. The molecule has 0 N–H and O–H groups in total. The van der Waals surface area contributed by atoms with E-state index in [9.17, 15) is 4.39 Å². The van der Waals surface area contributed by atoms with Crippen LogP contribution in [0.4, 0.5) is 4.39 Å².